The number of Topliss-reactive ketones (excluding diaryl/α,β-unsaturated/α-hetero) is 1. The van der Waals surface area contributed by atoms with Gasteiger partial charge in [-0.05, 0) is 18.6 Å². The second-order valence-corrected chi connectivity index (χ2v) is 3.71. The van der Waals surface area contributed by atoms with Crippen LogP contribution in [0.3, 0.4) is 0 Å². The molecule has 0 fully saturated rings. The van der Waals surface area contributed by atoms with E-state index in [4.69, 9.17) is 0 Å². The third kappa shape index (κ3) is 1.77. The van der Waals surface area contributed by atoms with Crippen LogP contribution in [0.1, 0.15) is 30.1 Å². The molecule has 15 heavy (non-hydrogen) atoms. The van der Waals surface area contributed by atoms with E-state index >= 15 is 0 Å². The van der Waals surface area contributed by atoms with E-state index < -0.39 is 0 Å². The summed E-state index contributed by atoms with van der Waals surface area (Å²) in [6, 6.07) is 7.31. The minimum atomic E-state index is -0.00264. The normalized spacial score (nSPS) is 15.8. The van der Waals surface area contributed by atoms with Crippen molar-refractivity contribution in [3.63, 3.8) is 0 Å². The molecule has 0 aromatic heterocycles. The molecule has 0 spiro atoms. The van der Waals surface area contributed by atoms with Crippen molar-refractivity contribution in [2.75, 3.05) is 11.4 Å². The Kier molecular flexibility index (Phi) is 2.54. The molecule has 0 saturated carbocycles. The Labute approximate surface area is 88.7 Å². The molecular formula is C12H13NO2. The number of hydrogen-bond acceptors (Lipinski definition) is 2. The van der Waals surface area contributed by atoms with Crippen molar-refractivity contribution in [1.82, 2.24) is 0 Å². The minimum Gasteiger partial charge on any atom is -0.312 e. The number of hydrogen-bond donors (Lipinski definition) is 0. The monoisotopic (exact) mass is 203 g/mol. The summed E-state index contributed by atoms with van der Waals surface area (Å²) in [5.41, 5.74) is 1.43. The number of ketones is 1. The van der Waals surface area contributed by atoms with Crippen LogP contribution in [0.4, 0.5) is 5.69 Å². The molecule has 0 unspecified atom stereocenters. The molecular weight excluding hydrogens is 190 g/mol. The predicted octanol–water partition coefficient (Wildman–Crippen LogP) is 2.02. The molecule has 0 N–H and O–H groups in total. The number of nitrogens with zero attached hydrogens (tertiary/aromatic N) is 1. The Morgan fingerprint density at radius 1 is 1.33 bits per heavy atom. The van der Waals surface area contributed by atoms with Gasteiger partial charge in [-0.25, -0.2) is 0 Å². The van der Waals surface area contributed by atoms with Gasteiger partial charge in [0.25, 0.3) is 0 Å². The summed E-state index contributed by atoms with van der Waals surface area (Å²) in [6.45, 7) is 2.17. The maximum absolute atomic E-state index is 11.7. The van der Waals surface area contributed by atoms with E-state index in [0.717, 1.165) is 12.1 Å². The highest BCUT2D eigenvalue weighted by molar-refractivity contribution is 6.06. The highest BCUT2D eigenvalue weighted by Gasteiger charge is 2.22. The summed E-state index contributed by atoms with van der Waals surface area (Å²) in [5.74, 6) is 0.131. The summed E-state index contributed by atoms with van der Waals surface area (Å²) in [4.78, 5) is 24.9. The predicted molar refractivity (Wildman–Crippen MR) is 58.0 cm³/mol. The van der Waals surface area contributed by atoms with E-state index in [9.17, 15) is 9.59 Å². The van der Waals surface area contributed by atoms with E-state index in [1.165, 1.54) is 6.92 Å². The van der Waals surface area contributed by atoms with Crippen LogP contribution >= 0.6 is 0 Å². The summed E-state index contributed by atoms with van der Waals surface area (Å²) >= 11 is 0. The van der Waals surface area contributed by atoms with Crippen molar-refractivity contribution in [3.05, 3.63) is 29.8 Å². The number of anilines is 1. The largest absolute Gasteiger partial charge is 0.312 e. The maximum atomic E-state index is 11.7. The Morgan fingerprint density at radius 3 is 2.80 bits per heavy atom. The van der Waals surface area contributed by atoms with Crippen molar-refractivity contribution >= 4 is 17.4 Å². The van der Waals surface area contributed by atoms with Crippen LogP contribution in [0.2, 0.25) is 0 Å². The molecule has 3 nitrogen and oxygen atoms in total. The SMILES string of the molecule is CC(=O)N1CCCC(=O)c2ccccc21. The van der Waals surface area contributed by atoms with E-state index in [1.807, 2.05) is 18.2 Å². The Hall–Kier alpha value is -1.64. The van der Waals surface area contributed by atoms with E-state index in [1.54, 1.807) is 11.0 Å². The number of fused-ring (bicyclic) bond motifs is 1. The van der Waals surface area contributed by atoms with Gasteiger partial charge in [0.15, 0.2) is 5.78 Å². The lowest BCUT2D eigenvalue weighted by Gasteiger charge is -2.20. The third-order valence-corrected chi connectivity index (χ3v) is 2.66. The highest BCUT2D eigenvalue weighted by atomic mass is 16.2. The molecule has 1 heterocycles. The Balaban J connectivity index is 2.52. The van der Waals surface area contributed by atoms with Crippen LogP contribution in [0.25, 0.3) is 0 Å². The van der Waals surface area contributed by atoms with E-state index in [0.29, 0.717) is 18.5 Å². The van der Waals surface area contributed by atoms with Gasteiger partial charge in [-0.2, -0.15) is 0 Å². The molecule has 1 aromatic rings. The average molecular weight is 203 g/mol. The fourth-order valence-electron chi connectivity index (χ4n) is 1.92. The smallest absolute Gasteiger partial charge is 0.223 e. The van der Waals surface area contributed by atoms with Crippen molar-refractivity contribution < 1.29 is 9.59 Å². The number of amides is 1. The van der Waals surface area contributed by atoms with Gasteiger partial charge in [-0.1, -0.05) is 12.1 Å². The first-order valence-corrected chi connectivity index (χ1v) is 5.10. The van der Waals surface area contributed by atoms with Crippen molar-refractivity contribution in [3.8, 4) is 0 Å². The van der Waals surface area contributed by atoms with Crippen LogP contribution < -0.4 is 4.90 Å². The summed E-state index contributed by atoms with van der Waals surface area (Å²) in [7, 11) is 0. The van der Waals surface area contributed by atoms with E-state index in [2.05, 4.69) is 0 Å². The van der Waals surface area contributed by atoms with Crippen LogP contribution in [0.5, 0.6) is 0 Å². The molecule has 0 bridgehead atoms. The molecule has 1 amide bonds. The molecule has 1 aromatic carbocycles. The first-order valence-electron chi connectivity index (χ1n) is 5.10. The molecule has 0 radical (unpaired) electrons. The van der Waals surface area contributed by atoms with Gasteiger partial charge in [-0.15, -0.1) is 0 Å². The van der Waals surface area contributed by atoms with E-state index in [-0.39, 0.29) is 11.7 Å². The molecule has 3 heteroatoms. The highest BCUT2D eigenvalue weighted by Crippen LogP contribution is 2.25. The van der Waals surface area contributed by atoms with Gasteiger partial charge < -0.3 is 4.90 Å². The van der Waals surface area contributed by atoms with Gasteiger partial charge >= 0.3 is 0 Å². The van der Waals surface area contributed by atoms with Crippen LogP contribution in [-0.2, 0) is 4.79 Å². The van der Waals surface area contributed by atoms with Crippen molar-refractivity contribution in [2.24, 2.45) is 0 Å². The molecule has 0 atom stereocenters. The van der Waals surface area contributed by atoms with Gasteiger partial charge in [0.1, 0.15) is 0 Å². The Morgan fingerprint density at radius 2 is 2.07 bits per heavy atom. The van der Waals surface area contributed by atoms with Gasteiger partial charge in [-0.3, -0.25) is 9.59 Å². The lowest BCUT2D eigenvalue weighted by Crippen LogP contribution is -2.29. The molecule has 1 aliphatic heterocycles. The topological polar surface area (TPSA) is 37.4 Å². The zero-order valence-electron chi connectivity index (χ0n) is 8.69. The standard InChI is InChI=1S/C12H13NO2/c1-9(14)13-8-4-7-12(15)10-5-2-3-6-11(10)13/h2-3,5-6H,4,7-8H2,1H3. The van der Waals surface area contributed by atoms with Crippen molar-refractivity contribution in [1.29, 1.82) is 0 Å². The summed E-state index contributed by atoms with van der Waals surface area (Å²) in [6.07, 6.45) is 1.27. The second kappa shape index (κ2) is 3.85. The first kappa shape index (κ1) is 9.90. The maximum Gasteiger partial charge on any atom is 0.223 e. The number of para-hydroxylation sites is 1. The Bertz CT molecular complexity index is 412. The second-order valence-electron chi connectivity index (χ2n) is 3.71. The fourth-order valence-corrected chi connectivity index (χ4v) is 1.92. The number of carbonyl (C=O) groups excluding carboxylic acids is 2. The zero-order valence-corrected chi connectivity index (χ0v) is 8.69. The van der Waals surface area contributed by atoms with Crippen molar-refractivity contribution in [2.45, 2.75) is 19.8 Å². The average Bonchev–Trinajstić information content (AvgIpc) is 2.39. The third-order valence-electron chi connectivity index (χ3n) is 2.66. The lowest BCUT2D eigenvalue weighted by atomic mass is 10.1. The summed E-state index contributed by atoms with van der Waals surface area (Å²) in [5, 5.41) is 0. The zero-order chi connectivity index (χ0) is 10.8. The number of benzene rings is 1. The number of carbonyl (C=O) groups is 2. The molecule has 0 aliphatic carbocycles. The first-order chi connectivity index (χ1) is 7.20. The molecule has 2 rings (SSSR count). The quantitative estimate of drug-likeness (QED) is 0.646. The van der Waals surface area contributed by atoms with Gasteiger partial charge in [0.2, 0.25) is 5.91 Å². The van der Waals surface area contributed by atoms with Gasteiger partial charge in [0, 0.05) is 25.5 Å². The molecule has 78 valence electrons. The fraction of sp³-hybridized carbons (Fsp3) is 0.333. The summed E-state index contributed by atoms with van der Waals surface area (Å²) < 4.78 is 0. The van der Waals surface area contributed by atoms with Crippen LogP contribution in [0, 0.1) is 0 Å². The van der Waals surface area contributed by atoms with Crippen LogP contribution in [-0.4, -0.2) is 18.2 Å². The van der Waals surface area contributed by atoms with Gasteiger partial charge in [0.05, 0.1) is 5.69 Å². The lowest BCUT2D eigenvalue weighted by molar-refractivity contribution is -0.116. The van der Waals surface area contributed by atoms with Crippen LogP contribution in [0.15, 0.2) is 24.3 Å². The molecule has 1 aliphatic rings. The number of rotatable bonds is 0. The minimum absolute atomic E-state index is 0.00264. The molecule has 0 saturated heterocycles.